The minimum absolute atomic E-state index is 0.0976. The van der Waals surface area contributed by atoms with Gasteiger partial charge in [0.25, 0.3) is 0 Å². The van der Waals surface area contributed by atoms with Crippen molar-refractivity contribution in [3.8, 4) is 11.1 Å². The van der Waals surface area contributed by atoms with E-state index in [4.69, 9.17) is 11.5 Å². The molecule has 47 heavy (non-hydrogen) atoms. The summed E-state index contributed by atoms with van der Waals surface area (Å²) in [4.78, 5) is 0. The maximum atomic E-state index is 6.84. The number of hydrogen-bond acceptors (Lipinski definition) is 3. The summed E-state index contributed by atoms with van der Waals surface area (Å²) >= 11 is 0. The van der Waals surface area contributed by atoms with Crippen LogP contribution < -0.4 is 16.8 Å². The Hall–Kier alpha value is -5.22. The first kappa shape index (κ1) is 30.4. The summed E-state index contributed by atoms with van der Waals surface area (Å²) in [6.45, 7) is 6.83. The molecule has 6 aromatic carbocycles. The van der Waals surface area contributed by atoms with E-state index in [2.05, 4.69) is 141 Å². The lowest BCUT2D eigenvalue weighted by Crippen LogP contribution is -2.32. The van der Waals surface area contributed by atoms with E-state index in [1.165, 1.54) is 38.6 Å². The van der Waals surface area contributed by atoms with Gasteiger partial charge in [-0.1, -0.05) is 141 Å². The molecule has 232 valence electrons. The number of benzene rings is 6. The topological polar surface area (TPSA) is 64.1 Å². The van der Waals surface area contributed by atoms with Gasteiger partial charge in [-0.2, -0.15) is 0 Å². The van der Waals surface area contributed by atoms with Crippen molar-refractivity contribution in [2.75, 3.05) is 5.73 Å². The van der Waals surface area contributed by atoms with Gasteiger partial charge in [0.2, 0.25) is 0 Å². The van der Waals surface area contributed by atoms with E-state index in [1.807, 2.05) is 36.4 Å². The van der Waals surface area contributed by atoms with Crippen LogP contribution in [0.15, 0.2) is 140 Å². The Kier molecular flexibility index (Phi) is 8.11. The number of rotatable bonds is 8. The molecule has 0 amide bonds. The Labute approximate surface area is 278 Å². The molecule has 1 aliphatic carbocycles. The van der Waals surface area contributed by atoms with Crippen LogP contribution in [0.3, 0.4) is 0 Å². The summed E-state index contributed by atoms with van der Waals surface area (Å²) in [5.74, 6) is 0. The highest BCUT2D eigenvalue weighted by atomic mass is 15.0. The molecule has 7 rings (SSSR count). The third-order valence-electron chi connectivity index (χ3n) is 9.67. The summed E-state index contributed by atoms with van der Waals surface area (Å²) in [6.07, 6.45) is 6.35. The number of para-hydroxylation sites is 1. The van der Waals surface area contributed by atoms with Crippen LogP contribution in [-0.4, -0.2) is 0 Å². The van der Waals surface area contributed by atoms with Gasteiger partial charge >= 0.3 is 0 Å². The highest BCUT2D eigenvalue weighted by Crippen LogP contribution is 2.51. The average molecular weight is 612 g/mol. The largest absolute Gasteiger partial charge is 0.398 e. The van der Waals surface area contributed by atoms with Gasteiger partial charge in [-0.25, -0.2) is 0 Å². The Bertz CT molecular complexity index is 2140. The summed E-state index contributed by atoms with van der Waals surface area (Å²) in [5.41, 5.74) is 25.9. The van der Waals surface area contributed by atoms with Crippen molar-refractivity contribution in [1.82, 2.24) is 5.32 Å². The van der Waals surface area contributed by atoms with Gasteiger partial charge < -0.3 is 11.5 Å². The third-order valence-corrected chi connectivity index (χ3v) is 9.67. The lowest BCUT2D eigenvalue weighted by Gasteiger charge is -2.24. The molecule has 3 heteroatoms. The molecule has 6 aromatic rings. The van der Waals surface area contributed by atoms with Crippen molar-refractivity contribution in [2.45, 2.75) is 38.4 Å². The van der Waals surface area contributed by atoms with Gasteiger partial charge in [0.05, 0.1) is 12.2 Å². The van der Waals surface area contributed by atoms with Gasteiger partial charge in [-0.15, -0.1) is 0 Å². The van der Waals surface area contributed by atoms with Gasteiger partial charge in [0.1, 0.15) is 0 Å². The molecule has 0 aliphatic heterocycles. The van der Waals surface area contributed by atoms with Gasteiger partial charge in [0.15, 0.2) is 0 Å². The number of anilines is 1. The summed E-state index contributed by atoms with van der Waals surface area (Å²) < 4.78 is 0. The molecule has 0 spiro atoms. The molecule has 2 atom stereocenters. The fourth-order valence-corrected chi connectivity index (χ4v) is 7.12. The molecule has 0 saturated heterocycles. The lowest BCUT2D eigenvalue weighted by atomic mass is 9.81. The predicted molar refractivity (Wildman–Crippen MR) is 201 cm³/mol. The first-order valence-electron chi connectivity index (χ1n) is 16.4. The second kappa shape index (κ2) is 12.5. The Morgan fingerprint density at radius 1 is 0.702 bits per heavy atom. The standard InChI is InChI=1S/C44H41N3/c1-29(26-34-18-9-12-23-40(34)45)35-20-10-11-21-36(35)41(47-43(46)31-14-5-4-6-15-31)25-24-30-19-13-22-38-42(30)37-27-32-16-7-8-17-33(32)28-39(37)44(38,2)3/h4-28,41,43,47H,45-46H2,1-3H3/b25-24+,29-26+. The van der Waals surface area contributed by atoms with E-state index in [0.717, 1.165) is 33.5 Å². The van der Waals surface area contributed by atoms with Crippen molar-refractivity contribution in [1.29, 1.82) is 0 Å². The molecule has 3 nitrogen and oxygen atoms in total. The molecule has 0 aromatic heterocycles. The van der Waals surface area contributed by atoms with E-state index in [9.17, 15) is 0 Å². The quantitative estimate of drug-likeness (QED) is 0.0911. The van der Waals surface area contributed by atoms with E-state index < -0.39 is 0 Å². The number of nitrogen functional groups attached to an aromatic ring is 1. The molecule has 0 heterocycles. The average Bonchev–Trinajstić information content (AvgIpc) is 3.32. The van der Waals surface area contributed by atoms with Crippen LogP contribution >= 0.6 is 0 Å². The highest BCUT2D eigenvalue weighted by molar-refractivity contribution is 5.96. The number of nitrogens with two attached hydrogens (primary N) is 2. The molecule has 0 radical (unpaired) electrons. The molecular formula is C44H41N3. The predicted octanol–water partition coefficient (Wildman–Crippen LogP) is 10.3. The number of hydrogen-bond donors (Lipinski definition) is 3. The Balaban J connectivity index is 1.34. The van der Waals surface area contributed by atoms with E-state index >= 15 is 0 Å². The van der Waals surface area contributed by atoms with Crippen molar-refractivity contribution in [2.24, 2.45) is 5.73 Å². The monoisotopic (exact) mass is 611 g/mol. The van der Waals surface area contributed by atoms with Gasteiger partial charge in [-0.3, -0.25) is 5.32 Å². The maximum Gasteiger partial charge on any atom is 0.0817 e. The van der Waals surface area contributed by atoms with E-state index in [-0.39, 0.29) is 17.6 Å². The lowest BCUT2D eigenvalue weighted by molar-refractivity contribution is 0.508. The van der Waals surface area contributed by atoms with Crippen LogP contribution in [0.5, 0.6) is 0 Å². The molecular weight excluding hydrogens is 571 g/mol. The molecule has 5 N–H and O–H groups in total. The zero-order valence-electron chi connectivity index (χ0n) is 27.2. The first-order chi connectivity index (χ1) is 22.8. The van der Waals surface area contributed by atoms with Crippen molar-refractivity contribution < 1.29 is 0 Å². The number of fused-ring (bicyclic) bond motifs is 4. The highest BCUT2D eigenvalue weighted by Gasteiger charge is 2.36. The summed E-state index contributed by atoms with van der Waals surface area (Å²) in [7, 11) is 0. The minimum atomic E-state index is -0.361. The molecule has 0 saturated carbocycles. The third kappa shape index (κ3) is 5.81. The zero-order chi connectivity index (χ0) is 32.5. The molecule has 0 bridgehead atoms. The smallest absolute Gasteiger partial charge is 0.0817 e. The van der Waals surface area contributed by atoms with Gasteiger partial charge in [0, 0.05) is 11.1 Å². The van der Waals surface area contributed by atoms with E-state index in [1.54, 1.807) is 0 Å². The Morgan fingerprint density at radius 2 is 1.36 bits per heavy atom. The normalized spacial score (nSPS) is 15.0. The van der Waals surface area contributed by atoms with Crippen molar-refractivity contribution >= 4 is 34.2 Å². The summed E-state index contributed by atoms with van der Waals surface area (Å²) in [6, 6.07) is 46.7. The van der Waals surface area contributed by atoms with Gasteiger partial charge in [-0.05, 0) is 97.6 Å². The molecule has 2 unspecified atom stereocenters. The van der Waals surface area contributed by atoms with Crippen LogP contribution in [0.2, 0.25) is 0 Å². The molecule has 1 aliphatic rings. The zero-order valence-corrected chi connectivity index (χ0v) is 27.2. The second-order valence-corrected chi connectivity index (χ2v) is 13.1. The second-order valence-electron chi connectivity index (χ2n) is 13.1. The summed E-state index contributed by atoms with van der Waals surface area (Å²) in [5, 5.41) is 6.30. The maximum absolute atomic E-state index is 6.84. The minimum Gasteiger partial charge on any atom is -0.398 e. The van der Waals surface area contributed by atoms with E-state index in [0.29, 0.717) is 0 Å². The Morgan fingerprint density at radius 3 is 2.15 bits per heavy atom. The number of nitrogens with one attached hydrogen (secondary N) is 1. The van der Waals surface area contributed by atoms with Crippen molar-refractivity contribution in [3.63, 3.8) is 0 Å². The fraction of sp³-hybridized carbons (Fsp3) is 0.136. The van der Waals surface area contributed by atoms with Crippen LogP contribution in [0.4, 0.5) is 5.69 Å². The van der Waals surface area contributed by atoms with Crippen LogP contribution in [-0.2, 0) is 5.41 Å². The van der Waals surface area contributed by atoms with Crippen LogP contribution in [0.25, 0.3) is 39.6 Å². The van der Waals surface area contributed by atoms with Crippen LogP contribution in [0.1, 0.15) is 71.9 Å². The van der Waals surface area contributed by atoms with Crippen LogP contribution in [0, 0.1) is 0 Å². The molecule has 0 fully saturated rings. The first-order valence-corrected chi connectivity index (χ1v) is 16.4. The fourth-order valence-electron chi connectivity index (χ4n) is 7.12. The number of allylic oxidation sites excluding steroid dienone is 1. The van der Waals surface area contributed by atoms with Crippen molar-refractivity contribution in [3.05, 3.63) is 178 Å². The SMILES string of the molecule is C/C(=C\c1ccccc1N)c1ccccc1C(/C=C/c1cccc2c1-c1cc3ccccc3cc1C2(C)C)NC(N)c1ccccc1.